The van der Waals surface area contributed by atoms with Crippen molar-refractivity contribution in [2.75, 3.05) is 5.43 Å². The summed E-state index contributed by atoms with van der Waals surface area (Å²) in [6.45, 7) is 9.07. The molecule has 2 nitrogen and oxygen atoms in total. The van der Waals surface area contributed by atoms with Gasteiger partial charge >= 0.3 is 0 Å². The van der Waals surface area contributed by atoms with E-state index in [1.807, 2.05) is 0 Å². The van der Waals surface area contributed by atoms with Crippen LogP contribution >= 0.6 is 0 Å². The van der Waals surface area contributed by atoms with Crippen LogP contribution in [0.2, 0.25) is 0 Å². The Morgan fingerprint density at radius 2 is 1.50 bits per heavy atom. The van der Waals surface area contributed by atoms with Gasteiger partial charge in [0.25, 0.3) is 0 Å². The van der Waals surface area contributed by atoms with Gasteiger partial charge in [-0.25, -0.2) is 0 Å². The predicted molar refractivity (Wildman–Crippen MR) is 69.2 cm³/mol. The lowest BCUT2D eigenvalue weighted by atomic mass is 9.81. The number of hydrogen-bond acceptors (Lipinski definition) is 1. The highest BCUT2D eigenvalue weighted by atomic mass is 15.4. The largest absolute Gasteiger partial charge is 0.323 e. The van der Waals surface area contributed by atoms with Crippen molar-refractivity contribution < 1.29 is 0 Å². The highest BCUT2D eigenvalue weighted by molar-refractivity contribution is 5.16. The van der Waals surface area contributed by atoms with Crippen LogP contribution in [0.25, 0.3) is 0 Å². The van der Waals surface area contributed by atoms with Crippen LogP contribution in [0.4, 0.5) is 0 Å². The van der Waals surface area contributed by atoms with Crippen molar-refractivity contribution in [2.45, 2.75) is 53.0 Å². The van der Waals surface area contributed by atoms with E-state index in [4.69, 9.17) is 0 Å². The molecule has 2 atom stereocenters. The third-order valence-corrected chi connectivity index (χ3v) is 3.76. The number of nitrogens with one attached hydrogen (secondary N) is 1. The predicted octanol–water partition coefficient (Wildman–Crippen LogP) is 3.47. The molecular formula is C14H24N2. The summed E-state index contributed by atoms with van der Waals surface area (Å²) < 4.78 is 2.25. The van der Waals surface area contributed by atoms with E-state index in [1.165, 1.54) is 30.7 Å². The molecule has 1 heterocycles. The van der Waals surface area contributed by atoms with Gasteiger partial charge in [0.15, 0.2) is 0 Å². The van der Waals surface area contributed by atoms with Gasteiger partial charge in [-0.05, 0) is 57.1 Å². The van der Waals surface area contributed by atoms with Crippen LogP contribution < -0.4 is 5.43 Å². The van der Waals surface area contributed by atoms with Gasteiger partial charge in [0.1, 0.15) is 0 Å². The fourth-order valence-corrected chi connectivity index (χ4v) is 3.11. The molecule has 16 heavy (non-hydrogen) atoms. The average molecular weight is 220 g/mol. The Bertz CT molecular complexity index is 324. The Labute approximate surface area is 99.0 Å². The fraction of sp³-hybridized carbons (Fsp3) is 0.714. The Morgan fingerprint density at radius 3 is 2.00 bits per heavy atom. The molecule has 0 saturated heterocycles. The molecule has 1 fully saturated rings. The molecule has 1 aliphatic rings. The molecule has 0 spiro atoms. The van der Waals surface area contributed by atoms with Crippen molar-refractivity contribution in [1.82, 2.24) is 4.68 Å². The summed E-state index contributed by atoms with van der Waals surface area (Å²) >= 11 is 0. The van der Waals surface area contributed by atoms with Crippen molar-refractivity contribution >= 4 is 0 Å². The van der Waals surface area contributed by atoms with Crippen molar-refractivity contribution in [3.05, 3.63) is 23.5 Å². The molecule has 2 heteroatoms. The minimum absolute atomic E-state index is 0.642. The Kier molecular flexibility index (Phi) is 3.27. The molecule has 1 N–H and O–H groups in total. The summed E-state index contributed by atoms with van der Waals surface area (Å²) in [6, 6.07) is 5.00. The van der Waals surface area contributed by atoms with E-state index in [2.05, 4.69) is 49.9 Å². The Balaban J connectivity index is 2.04. The van der Waals surface area contributed by atoms with E-state index in [9.17, 15) is 0 Å². The molecule has 2 unspecified atom stereocenters. The van der Waals surface area contributed by atoms with Gasteiger partial charge in [-0.3, -0.25) is 4.68 Å². The minimum Gasteiger partial charge on any atom is -0.323 e. The summed E-state index contributed by atoms with van der Waals surface area (Å²) in [6.07, 6.45) is 4.00. The molecule has 0 radical (unpaired) electrons. The van der Waals surface area contributed by atoms with Crippen LogP contribution in [0.3, 0.4) is 0 Å². The lowest BCUT2D eigenvalue weighted by Gasteiger charge is -2.33. The quantitative estimate of drug-likeness (QED) is 0.807. The summed E-state index contributed by atoms with van der Waals surface area (Å²) in [4.78, 5) is 0. The van der Waals surface area contributed by atoms with Crippen LogP contribution in [0.1, 0.15) is 44.5 Å². The van der Waals surface area contributed by atoms with Crippen molar-refractivity contribution in [3.63, 3.8) is 0 Å². The molecule has 2 rings (SSSR count). The van der Waals surface area contributed by atoms with E-state index in [0.29, 0.717) is 6.04 Å². The molecule has 0 aliphatic heterocycles. The molecule has 1 aliphatic carbocycles. The maximum absolute atomic E-state index is 3.67. The minimum atomic E-state index is 0.642. The van der Waals surface area contributed by atoms with Crippen molar-refractivity contribution in [3.8, 4) is 0 Å². The first-order chi connectivity index (χ1) is 7.56. The van der Waals surface area contributed by atoms with Gasteiger partial charge in [0.2, 0.25) is 0 Å². The van der Waals surface area contributed by atoms with E-state index in [1.54, 1.807) is 0 Å². The molecular weight excluding hydrogens is 196 g/mol. The number of aryl methyl sites for hydroxylation is 2. The van der Waals surface area contributed by atoms with Crippen molar-refractivity contribution in [2.24, 2.45) is 11.8 Å². The summed E-state index contributed by atoms with van der Waals surface area (Å²) in [5, 5.41) is 0. The van der Waals surface area contributed by atoms with Crippen LogP contribution in [-0.2, 0) is 0 Å². The molecule has 0 bridgehead atoms. The zero-order valence-electron chi connectivity index (χ0n) is 11.0. The van der Waals surface area contributed by atoms with Crippen LogP contribution in [0.15, 0.2) is 12.1 Å². The maximum atomic E-state index is 3.67. The van der Waals surface area contributed by atoms with E-state index >= 15 is 0 Å². The topological polar surface area (TPSA) is 17.0 Å². The van der Waals surface area contributed by atoms with E-state index in [0.717, 1.165) is 11.8 Å². The second-order valence-electron chi connectivity index (χ2n) is 5.69. The average Bonchev–Trinajstić information content (AvgIpc) is 2.48. The SMILES string of the molecule is Cc1ccc(C)n1NC1CC(C)CC(C)C1. The second kappa shape index (κ2) is 4.52. The fourth-order valence-electron chi connectivity index (χ4n) is 3.11. The lowest BCUT2D eigenvalue weighted by molar-refractivity contribution is 0.270. The first-order valence-electron chi connectivity index (χ1n) is 6.47. The number of aromatic nitrogens is 1. The van der Waals surface area contributed by atoms with Crippen molar-refractivity contribution in [1.29, 1.82) is 0 Å². The lowest BCUT2D eigenvalue weighted by Crippen LogP contribution is -2.35. The smallest absolute Gasteiger partial charge is 0.0429 e. The third-order valence-electron chi connectivity index (χ3n) is 3.76. The first kappa shape index (κ1) is 11.6. The number of nitrogens with zero attached hydrogens (tertiary/aromatic N) is 1. The number of rotatable bonds is 2. The Morgan fingerprint density at radius 1 is 1.00 bits per heavy atom. The maximum Gasteiger partial charge on any atom is 0.0429 e. The van der Waals surface area contributed by atoms with E-state index in [-0.39, 0.29) is 0 Å². The monoisotopic (exact) mass is 220 g/mol. The second-order valence-corrected chi connectivity index (χ2v) is 5.69. The summed E-state index contributed by atoms with van der Waals surface area (Å²) in [5.41, 5.74) is 6.29. The summed E-state index contributed by atoms with van der Waals surface area (Å²) in [5.74, 6) is 1.72. The van der Waals surface area contributed by atoms with Gasteiger partial charge in [0.05, 0.1) is 0 Å². The molecule has 1 aromatic rings. The zero-order valence-corrected chi connectivity index (χ0v) is 11.0. The molecule has 0 amide bonds. The zero-order chi connectivity index (χ0) is 11.7. The number of hydrogen-bond donors (Lipinski definition) is 1. The highest BCUT2D eigenvalue weighted by Crippen LogP contribution is 2.29. The normalized spacial score (nSPS) is 30.4. The van der Waals surface area contributed by atoms with Gasteiger partial charge in [-0.15, -0.1) is 0 Å². The summed E-state index contributed by atoms with van der Waals surface area (Å²) in [7, 11) is 0. The molecule has 0 aromatic carbocycles. The van der Waals surface area contributed by atoms with Gasteiger partial charge in [-0.1, -0.05) is 13.8 Å². The molecule has 1 aromatic heterocycles. The van der Waals surface area contributed by atoms with Gasteiger partial charge in [-0.2, -0.15) is 0 Å². The highest BCUT2D eigenvalue weighted by Gasteiger charge is 2.24. The van der Waals surface area contributed by atoms with E-state index < -0.39 is 0 Å². The molecule has 90 valence electrons. The van der Waals surface area contributed by atoms with Crippen LogP contribution in [0, 0.1) is 25.7 Å². The van der Waals surface area contributed by atoms with Crippen LogP contribution in [-0.4, -0.2) is 10.7 Å². The Hall–Kier alpha value is -0.920. The van der Waals surface area contributed by atoms with Gasteiger partial charge < -0.3 is 5.43 Å². The molecule has 1 saturated carbocycles. The third kappa shape index (κ3) is 2.42. The standard InChI is InChI=1S/C14H24N2/c1-10-7-11(2)9-14(8-10)15-16-12(3)5-6-13(16)4/h5-6,10-11,14-15H,7-9H2,1-4H3. The van der Waals surface area contributed by atoms with Gasteiger partial charge in [0, 0.05) is 17.4 Å². The van der Waals surface area contributed by atoms with Crippen LogP contribution in [0.5, 0.6) is 0 Å². The first-order valence-corrected chi connectivity index (χ1v) is 6.47.